The molecule has 0 bridgehead atoms. The van der Waals surface area contributed by atoms with Gasteiger partial charge in [0.25, 0.3) is 0 Å². The van der Waals surface area contributed by atoms with Gasteiger partial charge < -0.3 is 4.90 Å². The van der Waals surface area contributed by atoms with Crippen LogP contribution in [0.1, 0.15) is 49.9 Å². The summed E-state index contributed by atoms with van der Waals surface area (Å²) in [4.78, 5) is 2.43. The molecule has 0 fully saturated rings. The molecular formula is C55H47N. The summed E-state index contributed by atoms with van der Waals surface area (Å²) in [5, 5.41) is 0. The van der Waals surface area contributed by atoms with Crippen LogP contribution in [-0.4, -0.2) is 0 Å². The van der Waals surface area contributed by atoms with Gasteiger partial charge in [-0.3, -0.25) is 0 Å². The number of fused-ring (bicyclic) bond motifs is 4. The number of benzene rings is 7. The van der Waals surface area contributed by atoms with Crippen molar-refractivity contribution in [2.45, 2.75) is 44.9 Å². The number of rotatable bonds is 6. The highest BCUT2D eigenvalue weighted by Crippen LogP contribution is 2.50. The Kier molecular flexibility index (Phi) is 8.82. The van der Waals surface area contributed by atoms with Crippen molar-refractivity contribution in [3.05, 3.63) is 223 Å². The van der Waals surface area contributed by atoms with E-state index in [0.717, 1.165) is 29.1 Å². The summed E-state index contributed by atoms with van der Waals surface area (Å²) < 4.78 is 0. The summed E-state index contributed by atoms with van der Waals surface area (Å²) in [6.45, 7) is 13.8. The molecule has 0 spiro atoms. The van der Waals surface area contributed by atoms with Crippen LogP contribution in [0.5, 0.6) is 0 Å². The van der Waals surface area contributed by atoms with Gasteiger partial charge in [-0.2, -0.15) is 0 Å². The van der Waals surface area contributed by atoms with Crippen molar-refractivity contribution in [1.29, 1.82) is 0 Å². The Morgan fingerprint density at radius 1 is 0.446 bits per heavy atom. The van der Waals surface area contributed by atoms with E-state index in [1.807, 2.05) is 0 Å². The maximum absolute atomic E-state index is 4.48. The normalized spacial score (nSPS) is 16.0. The minimum absolute atomic E-state index is 0.0647. The molecule has 2 aliphatic carbocycles. The van der Waals surface area contributed by atoms with Crippen LogP contribution in [0, 0.1) is 0 Å². The molecule has 56 heavy (non-hydrogen) atoms. The molecule has 0 saturated carbocycles. The molecule has 0 aromatic heterocycles. The third kappa shape index (κ3) is 6.14. The minimum Gasteiger partial charge on any atom is -0.310 e. The fourth-order valence-corrected chi connectivity index (χ4v) is 8.83. The highest BCUT2D eigenvalue weighted by atomic mass is 15.1. The first kappa shape index (κ1) is 35.3. The number of allylic oxidation sites excluding steroid dienone is 5. The lowest BCUT2D eigenvalue weighted by Crippen LogP contribution is -2.20. The van der Waals surface area contributed by atoms with Crippen molar-refractivity contribution < 1.29 is 0 Å². The molecule has 1 heteroatoms. The van der Waals surface area contributed by atoms with Gasteiger partial charge in [0, 0.05) is 27.8 Å². The van der Waals surface area contributed by atoms with Crippen LogP contribution >= 0.6 is 0 Å². The van der Waals surface area contributed by atoms with E-state index in [2.05, 4.69) is 227 Å². The molecule has 0 heterocycles. The Morgan fingerprint density at radius 2 is 1.02 bits per heavy atom. The zero-order valence-electron chi connectivity index (χ0n) is 32.8. The number of hydrogen-bond donors (Lipinski definition) is 0. The zero-order valence-corrected chi connectivity index (χ0v) is 32.8. The Hall–Kier alpha value is -6.44. The van der Waals surface area contributed by atoms with Crippen molar-refractivity contribution in [3.8, 4) is 44.5 Å². The van der Waals surface area contributed by atoms with Crippen LogP contribution < -0.4 is 4.90 Å². The monoisotopic (exact) mass is 721 g/mol. The lowest BCUT2D eigenvalue weighted by molar-refractivity contribution is 0.635. The lowest BCUT2D eigenvalue weighted by atomic mass is 9.75. The van der Waals surface area contributed by atoms with Gasteiger partial charge in [0.2, 0.25) is 0 Å². The first-order valence-electron chi connectivity index (χ1n) is 19.8. The van der Waals surface area contributed by atoms with Gasteiger partial charge in [-0.15, -0.1) is 0 Å². The molecule has 7 aromatic carbocycles. The van der Waals surface area contributed by atoms with Gasteiger partial charge in [0.05, 0.1) is 5.69 Å². The molecule has 0 atom stereocenters. The molecule has 0 saturated heterocycles. The SMILES string of the molecule is C=C1/C=C\C=C/Cc2ccc(-c3cccc(N(c4cccc(-c5ccc6c(c5)C(C)(C)c5ccccc5-6)c4)c4ccccc4-c4ccccc4)c3)cc2C1(C)C. The standard InChI is InChI=1S/C55H47N/c1-38-18-8-6-11-21-40-30-31-43(36-51(40)54(38,2)3)41-22-16-24-45(34-41)56(53-29-15-13-26-47(53)39-19-9-7-10-20-39)46-25-17-23-42(35-46)44-32-33-49-48-27-12-14-28-50(48)55(4,5)52(49)37-44/h6-20,22-37H,1,21H2,2-5H3/b11-6-,18-8-. The fraction of sp³-hybridized carbons (Fsp3) is 0.127. The molecular weight excluding hydrogens is 675 g/mol. The van der Waals surface area contributed by atoms with E-state index in [-0.39, 0.29) is 10.8 Å². The third-order valence-corrected chi connectivity index (χ3v) is 12.2. The van der Waals surface area contributed by atoms with Crippen LogP contribution in [0.3, 0.4) is 0 Å². The Morgan fingerprint density at radius 3 is 1.75 bits per heavy atom. The average Bonchev–Trinajstić information content (AvgIpc) is 3.49. The fourth-order valence-electron chi connectivity index (χ4n) is 8.83. The van der Waals surface area contributed by atoms with Gasteiger partial charge in [0.1, 0.15) is 0 Å². The maximum atomic E-state index is 4.48. The first-order chi connectivity index (χ1) is 27.2. The second-order valence-electron chi connectivity index (χ2n) is 16.3. The largest absolute Gasteiger partial charge is 0.310 e. The van der Waals surface area contributed by atoms with Crippen LogP contribution in [-0.2, 0) is 17.3 Å². The van der Waals surface area contributed by atoms with E-state index in [1.165, 1.54) is 66.8 Å². The van der Waals surface area contributed by atoms with Gasteiger partial charge in [-0.05, 0) is 116 Å². The topological polar surface area (TPSA) is 3.24 Å². The van der Waals surface area contributed by atoms with E-state index < -0.39 is 0 Å². The van der Waals surface area contributed by atoms with E-state index >= 15 is 0 Å². The first-order valence-corrected chi connectivity index (χ1v) is 19.8. The molecule has 0 amide bonds. The van der Waals surface area contributed by atoms with E-state index in [9.17, 15) is 0 Å². The third-order valence-electron chi connectivity index (χ3n) is 12.2. The number of hydrogen-bond acceptors (Lipinski definition) is 1. The molecule has 272 valence electrons. The summed E-state index contributed by atoms with van der Waals surface area (Å²) >= 11 is 0. The molecule has 0 N–H and O–H groups in total. The minimum atomic E-state index is -0.206. The van der Waals surface area contributed by atoms with Gasteiger partial charge >= 0.3 is 0 Å². The quantitative estimate of drug-likeness (QED) is 0.165. The van der Waals surface area contributed by atoms with Crippen LogP contribution in [0.4, 0.5) is 17.1 Å². The highest BCUT2D eigenvalue weighted by molar-refractivity contribution is 5.91. The van der Waals surface area contributed by atoms with Crippen molar-refractivity contribution in [2.75, 3.05) is 4.90 Å². The van der Waals surface area contributed by atoms with Crippen molar-refractivity contribution in [3.63, 3.8) is 0 Å². The second-order valence-corrected chi connectivity index (χ2v) is 16.3. The number of nitrogens with zero attached hydrogens (tertiary/aromatic N) is 1. The van der Waals surface area contributed by atoms with Crippen molar-refractivity contribution in [1.82, 2.24) is 0 Å². The predicted molar refractivity (Wildman–Crippen MR) is 239 cm³/mol. The van der Waals surface area contributed by atoms with Crippen molar-refractivity contribution >= 4 is 17.1 Å². The van der Waals surface area contributed by atoms with Crippen LogP contribution in [0.15, 0.2) is 200 Å². The molecule has 0 unspecified atom stereocenters. The van der Waals surface area contributed by atoms with Gasteiger partial charge in [-0.25, -0.2) is 0 Å². The Labute approximate surface area is 332 Å². The van der Waals surface area contributed by atoms with Gasteiger partial charge in [-0.1, -0.05) is 180 Å². The molecule has 2 aliphatic rings. The summed E-state index contributed by atoms with van der Waals surface area (Å²) in [5.41, 5.74) is 19.5. The average molecular weight is 722 g/mol. The predicted octanol–water partition coefficient (Wildman–Crippen LogP) is 15.0. The zero-order chi connectivity index (χ0) is 38.4. The van der Waals surface area contributed by atoms with Crippen LogP contribution in [0.25, 0.3) is 44.5 Å². The summed E-state index contributed by atoms with van der Waals surface area (Å²) in [6, 6.07) is 60.5. The van der Waals surface area contributed by atoms with Crippen LogP contribution in [0.2, 0.25) is 0 Å². The smallest absolute Gasteiger partial charge is 0.0540 e. The Bertz CT molecular complexity index is 2690. The van der Waals surface area contributed by atoms with E-state index in [0.29, 0.717) is 0 Å². The Balaban J connectivity index is 1.18. The number of anilines is 3. The molecule has 0 aliphatic heterocycles. The molecule has 7 aromatic rings. The lowest BCUT2D eigenvalue weighted by Gasteiger charge is -2.30. The highest BCUT2D eigenvalue weighted by Gasteiger charge is 2.35. The summed E-state index contributed by atoms with van der Waals surface area (Å²) in [7, 11) is 0. The molecule has 9 rings (SSSR count). The molecule has 0 radical (unpaired) electrons. The summed E-state index contributed by atoms with van der Waals surface area (Å²) in [5.74, 6) is 0. The van der Waals surface area contributed by atoms with Crippen molar-refractivity contribution in [2.24, 2.45) is 0 Å². The summed E-state index contributed by atoms with van der Waals surface area (Å²) in [6.07, 6.45) is 9.53. The second kappa shape index (κ2) is 14.0. The van der Waals surface area contributed by atoms with E-state index in [1.54, 1.807) is 0 Å². The van der Waals surface area contributed by atoms with Gasteiger partial charge in [0.15, 0.2) is 0 Å². The maximum Gasteiger partial charge on any atom is 0.0540 e. The molecule has 1 nitrogen and oxygen atoms in total. The number of para-hydroxylation sites is 1. The van der Waals surface area contributed by atoms with E-state index in [4.69, 9.17) is 0 Å².